The molecule has 1 aromatic rings. The number of nitrogen functional groups attached to an aromatic ring is 1. The number of anilines is 1. The lowest BCUT2D eigenvalue weighted by atomic mass is 10.1. The molecule has 1 unspecified atom stereocenters. The Labute approximate surface area is 105 Å². The highest BCUT2D eigenvalue weighted by atomic mass is 16.6. The van der Waals surface area contributed by atoms with Crippen molar-refractivity contribution in [3.05, 3.63) is 22.7 Å². The topological polar surface area (TPSA) is 116 Å². The SMILES string of the molecule is CC.Nc1ccn(C2CC[C@@](N)(CO)O2)c(=O)n1. The van der Waals surface area contributed by atoms with E-state index in [4.69, 9.17) is 21.3 Å². The Balaban J connectivity index is 0.000000771. The smallest absolute Gasteiger partial charge is 0.351 e. The van der Waals surface area contributed by atoms with Gasteiger partial charge in [0, 0.05) is 6.20 Å². The summed E-state index contributed by atoms with van der Waals surface area (Å²) in [6, 6.07) is 1.51. The minimum Gasteiger partial charge on any atom is -0.392 e. The van der Waals surface area contributed by atoms with Crippen molar-refractivity contribution in [2.45, 2.75) is 38.6 Å². The Morgan fingerprint density at radius 3 is 2.83 bits per heavy atom. The summed E-state index contributed by atoms with van der Waals surface area (Å²) < 4.78 is 6.73. The summed E-state index contributed by atoms with van der Waals surface area (Å²) in [5, 5.41) is 9.03. The van der Waals surface area contributed by atoms with Gasteiger partial charge in [-0.1, -0.05) is 13.8 Å². The predicted molar refractivity (Wildman–Crippen MR) is 67.6 cm³/mol. The molecule has 2 atom stereocenters. The number of aliphatic hydroxyl groups is 1. The lowest BCUT2D eigenvalue weighted by molar-refractivity contribution is -0.0955. The Morgan fingerprint density at radius 1 is 1.67 bits per heavy atom. The molecule has 1 aliphatic rings. The average molecular weight is 256 g/mol. The summed E-state index contributed by atoms with van der Waals surface area (Å²) in [6.07, 6.45) is 2.07. The van der Waals surface area contributed by atoms with E-state index in [0.29, 0.717) is 12.8 Å². The highest BCUT2D eigenvalue weighted by Gasteiger charge is 2.37. The van der Waals surface area contributed by atoms with Crippen LogP contribution in [0, 0.1) is 0 Å². The molecule has 0 aliphatic carbocycles. The Kier molecular flexibility index (Phi) is 4.83. The largest absolute Gasteiger partial charge is 0.392 e. The molecule has 18 heavy (non-hydrogen) atoms. The number of rotatable bonds is 2. The first-order chi connectivity index (χ1) is 8.54. The number of hydrogen-bond donors (Lipinski definition) is 3. The zero-order valence-electron chi connectivity index (χ0n) is 10.7. The van der Waals surface area contributed by atoms with E-state index in [1.54, 1.807) is 0 Å². The molecule has 0 bridgehead atoms. The fourth-order valence-electron chi connectivity index (χ4n) is 1.71. The zero-order valence-corrected chi connectivity index (χ0v) is 10.7. The van der Waals surface area contributed by atoms with Crippen LogP contribution in [0.3, 0.4) is 0 Å². The third-order valence-electron chi connectivity index (χ3n) is 2.61. The first-order valence-corrected chi connectivity index (χ1v) is 5.96. The molecule has 1 aliphatic heterocycles. The minimum absolute atomic E-state index is 0.167. The first-order valence-electron chi connectivity index (χ1n) is 5.96. The van der Waals surface area contributed by atoms with E-state index in [-0.39, 0.29) is 12.4 Å². The Morgan fingerprint density at radius 2 is 2.33 bits per heavy atom. The van der Waals surface area contributed by atoms with Crippen LogP contribution in [0.4, 0.5) is 5.82 Å². The van der Waals surface area contributed by atoms with Gasteiger partial charge in [-0.15, -0.1) is 0 Å². The molecular weight excluding hydrogens is 236 g/mol. The van der Waals surface area contributed by atoms with E-state index < -0.39 is 17.6 Å². The fourth-order valence-corrected chi connectivity index (χ4v) is 1.71. The van der Waals surface area contributed by atoms with Gasteiger partial charge < -0.3 is 21.3 Å². The molecular formula is C11H20N4O3. The first kappa shape index (κ1) is 14.6. The third kappa shape index (κ3) is 3.06. The van der Waals surface area contributed by atoms with E-state index in [0.717, 1.165) is 0 Å². The molecule has 7 heteroatoms. The summed E-state index contributed by atoms with van der Waals surface area (Å²) >= 11 is 0. The van der Waals surface area contributed by atoms with Gasteiger partial charge >= 0.3 is 5.69 Å². The van der Waals surface area contributed by atoms with Gasteiger partial charge in [0.25, 0.3) is 0 Å². The quantitative estimate of drug-likeness (QED) is 0.675. The molecule has 0 amide bonds. The monoisotopic (exact) mass is 256 g/mol. The van der Waals surface area contributed by atoms with Gasteiger partial charge in [0.1, 0.15) is 17.8 Å². The van der Waals surface area contributed by atoms with Crippen molar-refractivity contribution < 1.29 is 9.84 Å². The molecule has 0 radical (unpaired) electrons. The van der Waals surface area contributed by atoms with Gasteiger partial charge in [-0.3, -0.25) is 4.57 Å². The van der Waals surface area contributed by atoms with E-state index in [1.165, 1.54) is 16.8 Å². The standard InChI is InChI=1S/C9H14N4O3.C2H6/c10-6-2-4-13(8(15)12-6)7-1-3-9(11,5-14)16-7;1-2/h2,4,7,14H,1,3,5,11H2,(H2,10,12,15);1-2H3/t7?,9-;/m0./s1. The zero-order chi connectivity index (χ0) is 13.8. The van der Waals surface area contributed by atoms with E-state index in [9.17, 15) is 4.79 Å². The van der Waals surface area contributed by atoms with Crippen molar-refractivity contribution >= 4 is 5.82 Å². The third-order valence-corrected chi connectivity index (χ3v) is 2.61. The van der Waals surface area contributed by atoms with Crippen molar-refractivity contribution in [1.82, 2.24) is 9.55 Å². The second-order valence-electron chi connectivity index (χ2n) is 3.88. The van der Waals surface area contributed by atoms with Crippen LogP contribution >= 0.6 is 0 Å². The molecule has 2 heterocycles. The highest BCUT2D eigenvalue weighted by Crippen LogP contribution is 2.31. The molecule has 1 saturated heterocycles. The maximum atomic E-state index is 11.5. The van der Waals surface area contributed by atoms with Gasteiger partial charge in [-0.05, 0) is 18.9 Å². The van der Waals surface area contributed by atoms with Crippen molar-refractivity contribution in [3.8, 4) is 0 Å². The number of aliphatic hydroxyl groups excluding tert-OH is 1. The lowest BCUT2D eigenvalue weighted by Crippen LogP contribution is -2.43. The number of nitrogens with zero attached hydrogens (tertiary/aromatic N) is 2. The van der Waals surface area contributed by atoms with Crippen molar-refractivity contribution in [2.24, 2.45) is 5.73 Å². The lowest BCUT2D eigenvalue weighted by Gasteiger charge is -2.22. The van der Waals surface area contributed by atoms with Gasteiger partial charge in [0.15, 0.2) is 0 Å². The van der Waals surface area contributed by atoms with E-state index in [2.05, 4.69) is 4.98 Å². The number of ether oxygens (including phenoxy) is 1. The van der Waals surface area contributed by atoms with Crippen LogP contribution in [0.15, 0.2) is 17.1 Å². The van der Waals surface area contributed by atoms with E-state index >= 15 is 0 Å². The van der Waals surface area contributed by atoms with Crippen molar-refractivity contribution in [2.75, 3.05) is 12.3 Å². The summed E-state index contributed by atoms with van der Waals surface area (Å²) in [4.78, 5) is 15.1. The molecule has 0 aromatic carbocycles. The Bertz CT molecular complexity index is 448. The van der Waals surface area contributed by atoms with Crippen molar-refractivity contribution in [3.63, 3.8) is 0 Å². The maximum Gasteiger partial charge on any atom is 0.351 e. The summed E-state index contributed by atoms with van der Waals surface area (Å²) in [5.41, 5.74) is 9.57. The maximum absolute atomic E-state index is 11.5. The summed E-state index contributed by atoms with van der Waals surface area (Å²) in [5.74, 6) is 0.167. The predicted octanol–water partition coefficient (Wildman–Crippen LogP) is -0.192. The second-order valence-corrected chi connectivity index (χ2v) is 3.88. The fraction of sp³-hybridized carbons (Fsp3) is 0.636. The molecule has 1 fully saturated rings. The summed E-state index contributed by atoms with van der Waals surface area (Å²) in [7, 11) is 0. The van der Waals surface area contributed by atoms with Crippen LogP contribution in [0.1, 0.15) is 32.9 Å². The van der Waals surface area contributed by atoms with Crippen LogP contribution in [0.2, 0.25) is 0 Å². The number of hydrogen-bond acceptors (Lipinski definition) is 6. The van der Waals surface area contributed by atoms with Crippen LogP contribution < -0.4 is 17.2 Å². The highest BCUT2D eigenvalue weighted by molar-refractivity contribution is 5.23. The molecule has 2 rings (SSSR count). The van der Waals surface area contributed by atoms with Gasteiger partial charge in [0.2, 0.25) is 0 Å². The van der Waals surface area contributed by atoms with Gasteiger partial charge in [-0.25, -0.2) is 4.79 Å². The average Bonchev–Trinajstić information content (AvgIpc) is 2.75. The molecule has 1 aromatic heterocycles. The summed E-state index contributed by atoms with van der Waals surface area (Å²) in [6.45, 7) is 3.72. The molecule has 0 saturated carbocycles. The normalized spacial score (nSPS) is 26.6. The minimum atomic E-state index is -1.06. The molecule has 0 spiro atoms. The van der Waals surface area contributed by atoms with Crippen LogP contribution in [0.5, 0.6) is 0 Å². The molecule has 5 N–H and O–H groups in total. The van der Waals surface area contributed by atoms with Crippen LogP contribution in [0.25, 0.3) is 0 Å². The van der Waals surface area contributed by atoms with Crippen LogP contribution in [-0.2, 0) is 4.74 Å². The molecule has 7 nitrogen and oxygen atoms in total. The number of aromatic nitrogens is 2. The Hall–Kier alpha value is -1.44. The van der Waals surface area contributed by atoms with Crippen molar-refractivity contribution in [1.29, 1.82) is 0 Å². The second kappa shape index (κ2) is 5.94. The van der Waals surface area contributed by atoms with E-state index in [1.807, 2.05) is 13.8 Å². The number of nitrogens with two attached hydrogens (primary N) is 2. The van der Waals surface area contributed by atoms with Crippen LogP contribution in [-0.4, -0.2) is 27.0 Å². The van der Waals surface area contributed by atoms with Gasteiger partial charge in [0.05, 0.1) is 6.61 Å². The van der Waals surface area contributed by atoms with Gasteiger partial charge in [-0.2, -0.15) is 4.98 Å². The molecule has 102 valence electrons.